The predicted molar refractivity (Wildman–Crippen MR) is 101 cm³/mol. The SMILES string of the molecule is COc1ccc(C(=O)NCC(=O)N/N=C(C)\C=C\c2ccco2)cc1OC. The van der Waals surface area contributed by atoms with E-state index >= 15 is 0 Å². The number of nitrogens with one attached hydrogen (secondary N) is 2. The lowest BCUT2D eigenvalue weighted by molar-refractivity contribution is -0.120. The van der Waals surface area contributed by atoms with Gasteiger partial charge in [0.15, 0.2) is 11.5 Å². The normalized spacial score (nSPS) is 11.3. The average molecular weight is 371 g/mol. The van der Waals surface area contributed by atoms with E-state index in [1.807, 2.05) is 0 Å². The van der Waals surface area contributed by atoms with Crippen LogP contribution in [0.2, 0.25) is 0 Å². The summed E-state index contributed by atoms with van der Waals surface area (Å²) in [5.41, 5.74) is 3.29. The van der Waals surface area contributed by atoms with Crippen LogP contribution in [-0.4, -0.2) is 38.3 Å². The van der Waals surface area contributed by atoms with Crippen molar-refractivity contribution < 1.29 is 23.5 Å². The number of ether oxygens (including phenoxy) is 2. The molecule has 0 spiro atoms. The molecule has 0 fully saturated rings. The summed E-state index contributed by atoms with van der Waals surface area (Å²) in [5.74, 6) is 0.759. The number of amides is 2. The fourth-order valence-corrected chi connectivity index (χ4v) is 2.06. The molecule has 0 unspecified atom stereocenters. The molecule has 0 saturated heterocycles. The highest BCUT2D eigenvalue weighted by Gasteiger charge is 2.11. The van der Waals surface area contributed by atoms with Gasteiger partial charge in [-0.1, -0.05) is 0 Å². The summed E-state index contributed by atoms with van der Waals surface area (Å²) < 4.78 is 15.4. The topological polar surface area (TPSA) is 102 Å². The third-order valence-corrected chi connectivity index (χ3v) is 3.44. The van der Waals surface area contributed by atoms with E-state index in [2.05, 4.69) is 15.8 Å². The van der Waals surface area contributed by atoms with Crippen LogP contribution in [0.4, 0.5) is 0 Å². The highest BCUT2D eigenvalue weighted by molar-refractivity contribution is 5.98. The number of furan rings is 1. The number of methoxy groups -OCH3 is 2. The maximum absolute atomic E-state index is 12.1. The second-order valence-electron chi connectivity index (χ2n) is 5.39. The minimum atomic E-state index is -0.449. The van der Waals surface area contributed by atoms with E-state index in [9.17, 15) is 9.59 Å². The predicted octanol–water partition coefficient (Wildman–Crippen LogP) is 2.23. The number of allylic oxidation sites excluding steroid dienone is 1. The maximum Gasteiger partial charge on any atom is 0.259 e. The van der Waals surface area contributed by atoms with Gasteiger partial charge >= 0.3 is 0 Å². The first kappa shape index (κ1) is 19.8. The molecule has 8 nitrogen and oxygen atoms in total. The average Bonchev–Trinajstić information content (AvgIpc) is 3.21. The van der Waals surface area contributed by atoms with E-state index in [0.717, 1.165) is 0 Å². The van der Waals surface area contributed by atoms with Gasteiger partial charge < -0.3 is 19.2 Å². The third-order valence-electron chi connectivity index (χ3n) is 3.44. The van der Waals surface area contributed by atoms with E-state index in [1.54, 1.807) is 49.6 Å². The van der Waals surface area contributed by atoms with Crippen molar-refractivity contribution >= 4 is 23.6 Å². The molecular weight excluding hydrogens is 350 g/mol. The molecule has 27 heavy (non-hydrogen) atoms. The van der Waals surface area contributed by atoms with Crippen LogP contribution in [0.5, 0.6) is 11.5 Å². The van der Waals surface area contributed by atoms with Crippen LogP contribution in [0.15, 0.2) is 52.2 Å². The van der Waals surface area contributed by atoms with Crippen LogP contribution in [0.25, 0.3) is 6.08 Å². The zero-order valence-corrected chi connectivity index (χ0v) is 15.3. The number of hydrazone groups is 1. The molecule has 142 valence electrons. The van der Waals surface area contributed by atoms with Crippen LogP contribution in [-0.2, 0) is 4.79 Å². The van der Waals surface area contributed by atoms with Crippen LogP contribution >= 0.6 is 0 Å². The van der Waals surface area contributed by atoms with Gasteiger partial charge in [-0.15, -0.1) is 0 Å². The van der Waals surface area contributed by atoms with E-state index < -0.39 is 11.8 Å². The summed E-state index contributed by atoms with van der Waals surface area (Å²) in [6.45, 7) is 1.51. The van der Waals surface area contributed by atoms with Gasteiger partial charge in [0.05, 0.1) is 32.7 Å². The third kappa shape index (κ3) is 6.03. The van der Waals surface area contributed by atoms with E-state index in [4.69, 9.17) is 13.9 Å². The van der Waals surface area contributed by atoms with Crippen molar-refractivity contribution in [2.24, 2.45) is 5.10 Å². The number of nitrogens with zero attached hydrogens (tertiary/aromatic N) is 1. The summed E-state index contributed by atoms with van der Waals surface area (Å²) in [6, 6.07) is 8.30. The Morgan fingerprint density at radius 2 is 1.96 bits per heavy atom. The molecule has 1 aromatic carbocycles. The van der Waals surface area contributed by atoms with E-state index in [0.29, 0.717) is 28.5 Å². The van der Waals surface area contributed by atoms with Gasteiger partial charge in [0.25, 0.3) is 11.8 Å². The van der Waals surface area contributed by atoms with Crippen molar-refractivity contribution in [3.05, 3.63) is 54.0 Å². The molecule has 0 aliphatic carbocycles. The molecule has 0 aliphatic rings. The molecule has 0 aliphatic heterocycles. The Morgan fingerprint density at radius 1 is 1.19 bits per heavy atom. The first-order valence-electron chi connectivity index (χ1n) is 8.08. The van der Waals surface area contributed by atoms with Crippen molar-refractivity contribution in [3.63, 3.8) is 0 Å². The lowest BCUT2D eigenvalue weighted by Crippen LogP contribution is -2.35. The Hall–Kier alpha value is -3.55. The highest BCUT2D eigenvalue weighted by atomic mass is 16.5. The Balaban J connectivity index is 1.84. The molecule has 8 heteroatoms. The molecule has 1 heterocycles. The number of hydrogen-bond acceptors (Lipinski definition) is 6. The molecule has 2 aromatic rings. The van der Waals surface area contributed by atoms with Crippen LogP contribution in [0.3, 0.4) is 0 Å². The molecule has 2 N–H and O–H groups in total. The lowest BCUT2D eigenvalue weighted by Gasteiger charge is -2.09. The quantitative estimate of drug-likeness (QED) is 0.547. The monoisotopic (exact) mass is 371 g/mol. The Labute approximate surface area is 156 Å². The van der Waals surface area contributed by atoms with Gasteiger partial charge in [-0.2, -0.15) is 5.10 Å². The molecular formula is C19H21N3O5. The summed E-state index contributed by atoms with van der Waals surface area (Å²) in [7, 11) is 2.99. The van der Waals surface area contributed by atoms with Gasteiger partial charge in [0.1, 0.15) is 5.76 Å². The number of rotatable bonds is 8. The summed E-state index contributed by atoms with van der Waals surface area (Å²) in [5, 5.41) is 6.44. The molecule has 2 amide bonds. The minimum absolute atomic E-state index is 0.216. The largest absolute Gasteiger partial charge is 0.493 e. The van der Waals surface area contributed by atoms with Gasteiger partial charge in [-0.05, 0) is 49.4 Å². The lowest BCUT2D eigenvalue weighted by atomic mass is 10.2. The molecule has 0 radical (unpaired) electrons. The molecule has 0 saturated carbocycles. The van der Waals surface area contributed by atoms with E-state index in [1.165, 1.54) is 20.3 Å². The fourth-order valence-electron chi connectivity index (χ4n) is 2.06. The van der Waals surface area contributed by atoms with Crippen molar-refractivity contribution in [3.8, 4) is 11.5 Å². The van der Waals surface area contributed by atoms with Crippen molar-refractivity contribution in [2.45, 2.75) is 6.92 Å². The first-order chi connectivity index (χ1) is 13.0. The zero-order chi connectivity index (χ0) is 19.6. The van der Waals surface area contributed by atoms with Crippen molar-refractivity contribution in [1.29, 1.82) is 0 Å². The summed E-state index contributed by atoms with van der Waals surface area (Å²) in [4.78, 5) is 24.0. The van der Waals surface area contributed by atoms with Crippen molar-refractivity contribution in [1.82, 2.24) is 10.7 Å². The number of hydrogen-bond donors (Lipinski definition) is 2. The Bertz CT molecular complexity index is 841. The van der Waals surface area contributed by atoms with Gasteiger partial charge in [-0.25, -0.2) is 5.43 Å². The first-order valence-corrected chi connectivity index (χ1v) is 8.08. The second-order valence-corrected chi connectivity index (χ2v) is 5.39. The Kier molecular flexibility index (Phi) is 7.18. The molecule has 2 rings (SSSR count). The van der Waals surface area contributed by atoms with Crippen LogP contribution < -0.4 is 20.2 Å². The molecule has 0 bridgehead atoms. The second kappa shape index (κ2) is 9.81. The maximum atomic E-state index is 12.1. The van der Waals surface area contributed by atoms with Gasteiger partial charge in [-0.3, -0.25) is 9.59 Å². The van der Waals surface area contributed by atoms with Gasteiger partial charge in [0, 0.05) is 5.56 Å². The molecule has 0 atom stereocenters. The Morgan fingerprint density at radius 3 is 2.63 bits per heavy atom. The number of benzene rings is 1. The standard InChI is InChI=1S/C19H21N3O5/c1-13(6-8-15-5-4-10-27-15)21-22-18(23)12-20-19(24)14-7-9-16(25-2)17(11-14)26-3/h4-11H,12H2,1-3H3,(H,20,24)(H,22,23)/b8-6+,21-13-. The van der Waals surface area contributed by atoms with Crippen LogP contribution in [0, 0.1) is 0 Å². The number of carbonyl (C=O) groups excluding carboxylic acids is 2. The smallest absolute Gasteiger partial charge is 0.259 e. The summed E-state index contributed by atoms with van der Waals surface area (Å²) >= 11 is 0. The van der Waals surface area contributed by atoms with Crippen molar-refractivity contribution in [2.75, 3.05) is 20.8 Å². The van der Waals surface area contributed by atoms with Crippen LogP contribution in [0.1, 0.15) is 23.0 Å². The minimum Gasteiger partial charge on any atom is -0.493 e. The zero-order valence-electron chi connectivity index (χ0n) is 15.3. The number of carbonyl (C=O) groups is 2. The fraction of sp³-hybridized carbons (Fsp3) is 0.211. The van der Waals surface area contributed by atoms with E-state index in [-0.39, 0.29) is 6.54 Å². The molecule has 1 aromatic heterocycles. The highest BCUT2D eigenvalue weighted by Crippen LogP contribution is 2.27. The van der Waals surface area contributed by atoms with Gasteiger partial charge in [0.2, 0.25) is 0 Å². The summed E-state index contributed by atoms with van der Waals surface area (Å²) in [6.07, 6.45) is 4.99.